The molecule has 10 heteroatoms. The number of hydrogen-bond acceptors (Lipinski definition) is 8. The largest absolute Gasteiger partial charge is 0.497 e. The maximum absolute atomic E-state index is 13.4. The molecule has 0 aliphatic heterocycles. The predicted molar refractivity (Wildman–Crippen MR) is 156 cm³/mol. The molecular formula is C31H35N3O7. The van der Waals surface area contributed by atoms with Crippen LogP contribution in [0.15, 0.2) is 53.3 Å². The Hall–Kier alpha value is -4.73. The van der Waals surface area contributed by atoms with E-state index in [0.717, 1.165) is 22.4 Å². The number of aryl methyl sites for hydroxylation is 1. The van der Waals surface area contributed by atoms with E-state index in [9.17, 15) is 14.4 Å². The lowest BCUT2D eigenvalue weighted by Crippen LogP contribution is -2.30. The van der Waals surface area contributed by atoms with E-state index in [1.807, 2.05) is 36.4 Å². The molecule has 0 fully saturated rings. The first kappa shape index (κ1) is 29.3. The number of amides is 2. The lowest BCUT2D eigenvalue weighted by molar-refractivity contribution is -0.120. The Morgan fingerprint density at radius 3 is 2.27 bits per heavy atom. The second-order valence-corrected chi connectivity index (χ2v) is 9.57. The minimum absolute atomic E-state index is 0.0971. The summed E-state index contributed by atoms with van der Waals surface area (Å²) >= 11 is 0. The normalized spacial score (nSPS) is 13.5. The number of ether oxygens (including phenoxy) is 4. The van der Waals surface area contributed by atoms with Crippen molar-refractivity contribution in [3.05, 3.63) is 75.4 Å². The monoisotopic (exact) mass is 561 g/mol. The molecule has 0 unspecified atom stereocenters. The molecule has 41 heavy (non-hydrogen) atoms. The molecule has 2 amide bonds. The first-order chi connectivity index (χ1) is 19.8. The number of methoxy groups -OCH3 is 4. The van der Waals surface area contributed by atoms with E-state index in [4.69, 9.17) is 18.9 Å². The van der Waals surface area contributed by atoms with Crippen LogP contribution in [-0.4, -0.2) is 46.8 Å². The SMILES string of the molecule is COc1ccc(CNC(=O)CNc2ccc3c(cc2=O)[C@@H](NC(C)=O)CCc2cc(OC)c(OC)c(OC)c2-3)cc1. The van der Waals surface area contributed by atoms with E-state index < -0.39 is 6.04 Å². The van der Waals surface area contributed by atoms with Crippen molar-refractivity contribution >= 4 is 17.5 Å². The molecule has 1 aliphatic carbocycles. The van der Waals surface area contributed by atoms with Crippen molar-refractivity contribution in [2.75, 3.05) is 40.3 Å². The van der Waals surface area contributed by atoms with Gasteiger partial charge in [0.25, 0.3) is 0 Å². The molecule has 0 saturated heterocycles. The third-order valence-corrected chi connectivity index (χ3v) is 7.00. The molecule has 4 rings (SSSR count). The molecule has 1 aliphatic rings. The molecular weight excluding hydrogens is 526 g/mol. The number of benzene rings is 2. The third kappa shape index (κ3) is 6.54. The number of carbonyl (C=O) groups is 2. The minimum atomic E-state index is -0.419. The summed E-state index contributed by atoms with van der Waals surface area (Å²) in [4.78, 5) is 38.1. The zero-order valence-corrected chi connectivity index (χ0v) is 23.9. The van der Waals surface area contributed by atoms with Gasteiger partial charge in [0.1, 0.15) is 5.75 Å². The molecule has 0 spiro atoms. The maximum Gasteiger partial charge on any atom is 0.239 e. The van der Waals surface area contributed by atoms with E-state index >= 15 is 0 Å². The standard InChI is InChI=1S/C31H35N3O7/c1-18(35)34-24-12-8-20-14-27(39-3)30(40-4)31(41-5)29(20)22-11-13-25(26(36)15-23(22)24)32-17-28(37)33-16-19-6-9-21(38-2)10-7-19/h6-7,9-11,13-15,24H,8,12,16-17H2,1-5H3,(H,32,36)(H,33,37)(H,34,35)/t24-/m0/s1. The Kier molecular flexibility index (Phi) is 9.34. The second kappa shape index (κ2) is 13.1. The van der Waals surface area contributed by atoms with Crippen LogP contribution < -0.4 is 40.3 Å². The van der Waals surface area contributed by atoms with Gasteiger partial charge in [-0.05, 0) is 65.4 Å². The summed E-state index contributed by atoms with van der Waals surface area (Å²) in [5.74, 6) is 1.68. The summed E-state index contributed by atoms with van der Waals surface area (Å²) in [5, 5.41) is 8.79. The fraction of sp³-hybridized carbons (Fsp3) is 0.323. The van der Waals surface area contributed by atoms with Crippen LogP contribution in [0.2, 0.25) is 0 Å². The molecule has 3 N–H and O–H groups in total. The van der Waals surface area contributed by atoms with Crippen LogP contribution in [0.1, 0.15) is 36.1 Å². The van der Waals surface area contributed by atoms with Gasteiger partial charge in [0.05, 0.1) is 46.7 Å². The summed E-state index contributed by atoms with van der Waals surface area (Å²) in [6.07, 6.45) is 1.15. The van der Waals surface area contributed by atoms with Crippen LogP contribution in [0.5, 0.6) is 23.0 Å². The zero-order valence-electron chi connectivity index (χ0n) is 23.9. The van der Waals surface area contributed by atoms with E-state index in [2.05, 4.69) is 16.0 Å². The van der Waals surface area contributed by atoms with Crippen LogP contribution in [0, 0.1) is 0 Å². The maximum atomic E-state index is 13.4. The molecule has 0 radical (unpaired) electrons. The average Bonchev–Trinajstić information content (AvgIpc) is 3.22. The highest BCUT2D eigenvalue weighted by molar-refractivity contribution is 5.84. The van der Waals surface area contributed by atoms with Gasteiger partial charge in [0.2, 0.25) is 23.0 Å². The second-order valence-electron chi connectivity index (χ2n) is 9.57. The first-order valence-electron chi connectivity index (χ1n) is 13.2. The van der Waals surface area contributed by atoms with Crippen LogP contribution in [0.25, 0.3) is 11.1 Å². The number of hydrogen-bond donors (Lipinski definition) is 3. The van der Waals surface area contributed by atoms with Gasteiger partial charge in [-0.25, -0.2) is 0 Å². The van der Waals surface area contributed by atoms with Crippen LogP contribution >= 0.6 is 0 Å². The number of nitrogens with one attached hydrogen (secondary N) is 3. The molecule has 3 aromatic rings. The lowest BCUT2D eigenvalue weighted by atomic mass is 9.95. The molecule has 0 saturated carbocycles. The van der Waals surface area contributed by atoms with Crippen LogP contribution in [0.4, 0.5) is 5.69 Å². The Bertz CT molecular complexity index is 1490. The highest BCUT2D eigenvalue weighted by atomic mass is 16.5. The summed E-state index contributed by atoms with van der Waals surface area (Å²) in [6, 6.07) is 13.8. The van der Waals surface area contributed by atoms with E-state index in [0.29, 0.717) is 47.8 Å². The van der Waals surface area contributed by atoms with Crippen molar-refractivity contribution in [3.8, 4) is 34.1 Å². The summed E-state index contributed by atoms with van der Waals surface area (Å²) < 4.78 is 22.2. The van der Waals surface area contributed by atoms with Gasteiger partial charge >= 0.3 is 0 Å². The van der Waals surface area contributed by atoms with Crippen molar-refractivity contribution in [2.24, 2.45) is 0 Å². The fourth-order valence-corrected chi connectivity index (χ4v) is 5.04. The van der Waals surface area contributed by atoms with Crippen LogP contribution in [0.3, 0.4) is 0 Å². The van der Waals surface area contributed by atoms with Gasteiger partial charge < -0.3 is 34.9 Å². The van der Waals surface area contributed by atoms with Crippen molar-refractivity contribution in [1.82, 2.24) is 10.6 Å². The molecule has 0 aromatic heterocycles. The summed E-state index contributed by atoms with van der Waals surface area (Å²) in [6.45, 7) is 1.69. The van der Waals surface area contributed by atoms with Crippen LogP contribution in [-0.2, 0) is 22.6 Å². The average molecular weight is 562 g/mol. The van der Waals surface area contributed by atoms with Crippen molar-refractivity contribution in [2.45, 2.75) is 32.4 Å². The minimum Gasteiger partial charge on any atom is -0.497 e. The molecule has 10 nitrogen and oxygen atoms in total. The number of fused-ring (bicyclic) bond motifs is 3. The Labute approximate surface area is 239 Å². The Morgan fingerprint density at radius 1 is 0.902 bits per heavy atom. The number of carbonyl (C=O) groups excluding carboxylic acids is 2. The Morgan fingerprint density at radius 2 is 1.63 bits per heavy atom. The summed E-state index contributed by atoms with van der Waals surface area (Å²) in [5.41, 5.74) is 3.90. The Balaban J connectivity index is 1.67. The lowest BCUT2D eigenvalue weighted by Gasteiger charge is -2.19. The summed E-state index contributed by atoms with van der Waals surface area (Å²) in [7, 11) is 6.24. The predicted octanol–water partition coefficient (Wildman–Crippen LogP) is 3.60. The topological polar surface area (TPSA) is 124 Å². The fourth-order valence-electron chi connectivity index (χ4n) is 5.04. The van der Waals surface area contributed by atoms with E-state index in [1.165, 1.54) is 20.1 Å². The highest BCUT2D eigenvalue weighted by Gasteiger charge is 2.29. The van der Waals surface area contributed by atoms with Gasteiger partial charge in [0, 0.05) is 19.0 Å². The quantitative estimate of drug-likeness (QED) is 0.343. The molecule has 3 aromatic carbocycles. The molecule has 216 valence electrons. The van der Waals surface area contributed by atoms with Crippen molar-refractivity contribution in [1.29, 1.82) is 0 Å². The van der Waals surface area contributed by atoms with Gasteiger partial charge in [-0.1, -0.05) is 18.2 Å². The van der Waals surface area contributed by atoms with Crippen molar-refractivity contribution < 1.29 is 28.5 Å². The first-order valence-corrected chi connectivity index (χ1v) is 13.2. The molecule has 0 bridgehead atoms. The van der Waals surface area contributed by atoms with Gasteiger partial charge in [-0.15, -0.1) is 0 Å². The molecule has 1 atom stereocenters. The number of anilines is 1. The van der Waals surface area contributed by atoms with E-state index in [1.54, 1.807) is 27.4 Å². The number of rotatable bonds is 10. The highest BCUT2D eigenvalue weighted by Crippen LogP contribution is 2.50. The van der Waals surface area contributed by atoms with Gasteiger partial charge in [0.15, 0.2) is 11.5 Å². The molecule has 0 heterocycles. The van der Waals surface area contributed by atoms with E-state index in [-0.39, 0.29) is 29.5 Å². The third-order valence-electron chi connectivity index (χ3n) is 7.00. The van der Waals surface area contributed by atoms with Gasteiger partial charge in [-0.2, -0.15) is 0 Å². The zero-order chi connectivity index (χ0) is 29.5. The smallest absolute Gasteiger partial charge is 0.239 e. The van der Waals surface area contributed by atoms with Gasteiger partial charge in [-0.3, -0.25) is 14.4 Å². The van der Waals surface area contributed by atoms with Crippen molar-refractivity contribution in [3.63, 3.8) is 0 Å².